The van der Waals surface area contributed by atoms with E-state index in [-0.39, 0.29) is 12.1 Å². The smallest absolute Gasteiger partial charge is 0.241 e. The Kier molecular flexibility index (Phi) is 4.53. The Bertz CT molecular complexity index is 1160. The van der Waals surface area contributed by atoms with Crippen molar-refractivity contribution >= 4 is 10.0 Å². The number of aromatic nitrogens is 2. The Hall–Kier alpha value is -2.48. The third kappa shape index (κ3) is 3.29. The molecule has 0 spiro atoms. The molecule has 3 aromatic rings. The Balaban J connectivity index is 1.49. The summed E-state index contributed by atoms with van der Waals surface area (Å²) < 4.78 is 36.8. The molecule has 3 atom stereocenters. The standard InChI is InChI=1S/C22H23N3O3S/c1-25-20(9-11-23-25)16-6-4-5-15(13-16)17-7-2-3-8-22(17)29(26,27)24-19-14-21-18(19)10-12-28-21/h2-9,11,13,18-19,21,24H,10,12,14H2,1H3/t18-,19+,21+/m0/s1. The van der Waals surface area contributed by atoms with Crippen LogP contribution < -0.4 is 4.72 Å². The van der Waals surface area contributed by atoms with Gasteiger partial charge in [0.15, 0.2) is 0 Å². The first-order valence-electron chi connectivity index (χ1n) is 9.85. The summed E-state index contributed by atoms with van der Waals surface area (Å²) in [4.78, 5) is 0.310. The van der Waals surface area contributed by atoms with Crippen molar-refractivity contribution in [3.63, 3.8) is 0 Å². The zero-order valence-corrected chi connectivity index (χ0v) is 17.0. The quantitative estimate of drug-likeness (QED) is 0.702. The van der Waals surface area contributed by atoms with E-state index in [2.05, 4.69) is 9.82 Å². The van der Waals surface area contributed by atoms with Gasteiger partial charge in [-0.15, -0.1) is 0 Å². The van der Waals surface area contributed by atoms with Gasteiger partial charge in [-0.1, -0.05) is 36.4 Å². The summed E-state index contributed by atoms with van der Waals surface area (Å²) in [5.41, 5.74) is 3.53. The van der Waals surface area contributed by atoms with Crippen LogP contribution in [0.4, 0.5) is 0 Å². The molecule has 2 heterocycles. The van der Waals surface area contributed by atoms with Crippen LogP contribution in [-0.2, 0) is 21.8 Å². The minimum absolute atomic E-state index is 0.0404. The number of nitrogens with one attached hydrogen (secondary N) is 1. The van der Waals surface area contributed by atoms with E-state index in [1.54, 1.807) is 23.0 Å². The summed E-state index contributed by atoms with van der Waals surface area (Å²) in [7, 11) is -1.74. The molecule has 1 aromatic heterocycles. The Labute approximate surface area is 170 Å². The summed E-state index contributed by atoms with van der Waals surface area (Å²) in [5, 5.41) is 4.23. The highest BCUT2D eigenvalue weighted by atomic mass is 32.2. The van der Waals surface area contributed by atoms with Gasteiger partial charge in [-0.3, -0.25) is 4.68 Å². The molecule has 2 fully saturated rings. The Morgan fingerprint density at radius 1 is 1.10 bits per heavy atom. The molecule has 0 unspecified atom stereocenters. The lowest BCUT2D eigenvalue weighted by Gasteiger charge is -2.39. The Morgan fingerprint density at radius 2 is 1.93 bits per heavy atom. The van der Waals surface area contributed by atoms with Crippen LogP contribution >= 0.6 is 0 Å². The Morgan fingerprint density at radius 3 is 2.72 bits per heavy atom. The molecule has 2 aliphatic rings. The molecule has 29 heavy (non-hydrogen) atoms. The topological polar surface area (TPSA) is 73.2 Å². The summed E-state index contributed by atoms with van der Waals surface area (Å²) >= 11 is 0. The maximum absolute atomic E-state index is 13.2. The van der Waals surface area contributed by atoms with Gasteiger partial charge in [0.1, 0.15) is 0 Å². The van der Waals surface area contributed by atoms with Crippen molar-refractivity contribution in [1.29, 1.82) is 0 Å². The molecule has 2 aromatic carbocycles. The van der Waals surface area contributed by atoms with Crippen molar-refractivity contribution in [1.82, 2.24) is 14.5 Å². The van der Waals surface area contributed by atoms with Gasteiger partial charge in [0.05, 0.1) is 16.7 Å². The first-order valence-corrected chi connectivity index (χ1v) is 11.3. The van der Waals surface area contributed by atoms with Crippen molar-refractivity contribution in [2.24, 2.45) is 13.0 Å². The minimum atomic E-state index is -3.64. The van der Waals surface area contributed by atoms with Crippen molar-refractivity contribution in [2.45, 2.75) is 29.9 Å². The van der Waals surface area contributed by atoms with Gasteiger partial charge in [0.25, 0.3) is 0 Å². The molecule has 7 heteroatoms. The number of nitrogens with zero attached hydrogens (tertiary/aromatic N) is 2. The monoisotopic (exact) mass is 409 g/mol. The number of benzene rings is 2. The van der Waals surface area contributed by atoms with E-state index in [4.69, 9.17) is 4.74 Å². The van der Waals surface area contributed by atoms with Gasteiger partial charge >= 0.3 is 0 Å². The van der Waals surface area contributed by atoms with Crippen LogP contribution in [0.5, 0.6) is 0 Å². The number of aryl methyl sites for hydroxylation is 1. The first-order chi connectivity index (χ1) is 14.0. The lowest BCUT2D eigenvalue weighted by Crippen LogP contribution is -2.53. The van der Waals surface area contributed by atoms with Gasteiger partial charge in [-0.05, 0) is 36.6 Å². The van der Waals surface area contributed by atoms with E-state index < -0.39 is 10.0 Å². The highest BCUT2D eigenvalue weighted by molar-refractivity contribution is 7.89. The van der Waals surface area contributed by atoms with Crippen molar-refractivity contribution < 1.29 is 13.2 Å². The maximum atomic E-state index is 13.2. The lowest BCUT2D eigenvalue weighted by atomic mass is 9.77. The lowest BCUT2D eigenvalue weighted by molar-refractivity contribution is 0.0143. The summed E-state index contributed by atoms with van der Waals surface area (Å²) in [5.74, 6) is 0.296. The van der Waals surface area contributed by atoms with Crippen LogP contribution in [0.1, 0.15) is 12.8 Å². The van der Waals surface area contributed by atoms with Crippen LogP contribution in [0.25, 0.3) is 22.4 Å². The largest absolute Gasteiger partial charge is 0.378 e. The highest BCUT2D eigenvalue weighted by Crippen LogP contribution is 2.40. The highest BCUT2D eigenvalue weighted by Gasteiger charge is 2.46. The van der Waals surface area contributed by atoms with Crippen LogP contribution in [0.15, 0.2) is 65.7 Å². The van der Waals surface area contributed by atoms with Crippen molar-refractivity contribution in [2.75, 3.05) is 6.61 Å². The van der Waals surface area contributed by atoms with Crippen LogP contribution in [-0.4, -0.2) is 37.0 Å². The van der Waals surface area contributed by atoms with Gasteiger partial charge in [0.2, 0.25) is 10.0 Å². The van der Waals surface area contributed by atoms with Gasteiger partial charge in [-0.25, -0.2) is 13.1 Å². The minimum Gasteiger partial charge on any atom is -0.378 e. The van der Waals surface area contributed by atoms with E-state index in [1.807, 2.05) is 49.5 Å². The SMILES string of the molecule is Cn1nccc1-c1cccc(-c2ccccc2S(=O)(=O)N[C@@H]2C[C@H]3OCC[C@@H]23)c1. The third-order valence-corrected chi connectivity index (χ3v) is 7.59. The molecule has 6 nitrogen and oxygen atoms in total. The first kappa shape index (κ1) is 18.5. The van der Waals surface area contributed by atoms with Gasteiger partial charge < -0.3 is 4.74 Å². The molecule has 0 bridgehead atoms. The summed E-state index contributed by atoms with van der Waals surface area (Å²) in [6.07, 6.45) is 3.64. The molecule has 0 amide bonds. The van der Waals surface area contributed by atoms with Crippen LogP contribution in [0, 0.1) is 5.92 Å². The number of fused-ring (bicyclic) bond motifs is 1. The summed E-state index contributed by atoms with van der Waals surface area (Å²) in [6.45, 7) is 0.727. The second kappa shape index (κ2) is 7.09. The van der Waals surface area contributed by atoms with Crippen molar-refractivity contribution in [3.8, 4) is 22.4 Å². The normalized spacial score (nSPS) is 23.6. The second-order valence-electron chi connectivity index (χ2n) is 7.74. The average molecular weight is 410 g/mol. The van der Waals surface area contributed by atoms with E-state index in [9.17, 15) is 8.42 Å². The van der Waals surface area contributed by atoms with Crippen LogP contribution in [0.3, 0.4) is 0 Å². The molecule has 5 rings (SSSR count). The molecule has 1 N–H and O–H groups in total. The molecule has 1 aliphatic heterocycles. The van der Waals surface area contributed by atoms with Crippen LogP contribution in [0.2, 0.25) is 0 Å². The fourth-order valence-corrected chi connectivity index (χ4v) is 5.97. The van der Waals surface area contributed by atoms with E-state index >= 15 is 0 Å². The van der Waals surface area contributed by atoms with E-state index in [0.717, 1.165) is 36.3 Å². The number of hydrogen-bond acceptors (Lipinski definition) is 4. The molecule has 150 valence electrons. The van der Waals surface area contributed by atoms with Gasteiger partial charge in [-0.2, -0.15) is 5.10 Å². The molecule has 1 saturated heterocycles. The van der Waals surface area contributed by atoms with Gasteiger partial charge in [0, 0.05) is 42.9 Å². The number of ether oxygens (including phenoxy) is 1. The van der Waals surface area contributed by atoms with E-state index in [1.165, 1.54) is 0 Å². The predicted octanol–water partition coefficient (Wildman–Crippen LogP) is 3.21. The molecule has 0 radical (unpaired) electrons. The molecular weight excluding hydrogens is 386 g/mol. The van der Waals surface area contributed by atoms with Crippen molar-refractivity contribution in [3.05, 3.63) is 60.8 Å². The molecule has 1 aliphatic carbocycles. The average Bonchev–Trinajstić information content (AvgIpc) is 3.32. The summed E-state index contributed by atoms with van der Waals surface area (Å²) in [6, 6.07) is 17.0. The number of sulfonamides is 1. The zero-order chi connectivity index (χ0) is 20.0. The fourth-order valence-electron chi connectivity index (χ4n) is 4.44. The molecular formula is C22H23N3O3S. The fraction of sp³-hybridized carbons (Fsp3) is 0.318. The maximum Gasteiger partial charge on any atom is 0.241 e. The number of hydrogen-bond donors (Lipinski definition) is 1. The third-order valence-electron chi connectivity index (χ3n) is 6.04. The second-order valence-corrected chi connectivity index (χ2v) is 9.42. The molecule has 1 saturated carbocycles. The predicted molar refractivity (Wildman–Crippen MR) is 111 cm³/mol. The van der Waals surface area contributed by atoms with E-state index in [0.29, 0.717) is 16.4 Å². The number of rotatable bonds is 5. The zero-order valence-electron chi connectivity index (χ0n) is 16.2.